The van der Waals surface area contributed by atoms with Crippen molar-refractivity contribution >= 4 is 45.7 Å². The maximum atomic E-state index is 12.4. The molecule has 0 aromatic heterocycles. The SMILES string of the molecule is FC(F)C(Cl)=Nc1c(Cl)cc(C(F)(F)F)cc1Cl. The molecule has 1 nitrogen and oxygen atoms in total. The Balaban J connectivity index is 3.30. The number of nitrogens with zero attached hydrogens (tertiary/aromatic N) is 1. The number of rotatable bonds is 2. The van der Waals surface area contributed by atoms with Gasteiger partial charge < -0.3 is 0 Å². The van der Waals surface area contributed by atoms with E-state index in [9.17, 15) is 22.0 Å². The molecule has 0 aliphatic heterocycles. The lowest BCUT2D eigenvalue weighted by Gasteiger charge is -2.10. The van der Waals surface area contributed by atoms with Gasteiger partial charge in [-0.15, -0.1) is 0 Å². The van der Waals surface area contributed by atoms with Gasteiger partial charge in [0.1, 0.15) is 5.69 Å². The molecular formula is C9H3Cl3F5N. The standard InChI is InChI=1S/C9H3Cl3F5N/c10-4-1-3(9(15,16)17)2-5(11)6(4)18-7(12)8(13)14/h1-2,8H. The van der Waals surface area contributed by atoms with Gasteiger partial charge in [0.05, 0.1) is 15.6 Å². The fourth-order valence-corrected chi connectivity index (χ4v) is 1.65. The van der Waals surface area contributed by atoms with Gasteiger partial charge in [-0.3, -0.25) is 0 Å². The Bertz CT molecular complexity index is 461. The molecule has 1 rings (SSSR count). The van der Waals surface area contributed by atoms with Crippen LogP contribution in [0.4, 0.5) is 27.6 Å². The highest BCUT2D eigenvalue weighted by Crippen LogP contribution is 2.40. The number of halogens is 8. The molecule has 0 saturated heterocycles. The first-order chi connectivity index (χ1) is 8.12. The summed E-state index contributed by atoms with van der Waals surface area (Å²) in [6.45, 7) is 0. The highest BCUT2D eigenvalue weighted by molar-refractivity contribution is 6.66. The minimum Gasteiger partial charge on any atom is -0.232 e. The van der Waals surface area contributed by atoms with E-state index >= 15 is 0 Å². The van der Waals surface area contributed by atoms with Crippen LogP contribution in [0.3, 0.4) is 0 Å². The summed E-state index contributed by atoms with van der Waals surface area (Å²) in [7, 11) is 0. The van der Waals surface area contributed by atoms with Gasteiger partial charge in [0.25, 0.3) is 6.43 Å². The van der Waals surface area contributed by atoms with Gasteiger partial charge in [0.15, 0.2) is 5.17 Å². The average Bonchev–Trinajstić information content (AvgIpc) is 2.21. The maximum absolute atomic E-state index is 12.4. The zero-order valence-electron chi connectivity index (χ0n) is 8.20. The van der Waals surface area contributed by atoms with Crippen LogP contribution in [0.15, 0.2) is 17.1 Å². The van der Waals surface area contributed by atoms with E-state index in [-0.39, 0.29) is 0 Å². The van der Waals surface area contributed by atoms with E-state index in [4.69, 9.17) is 34.8 Å². The summed E-state index contributed by atoms with van der Waals surface area (Å²) in [4.78, 5) is 3.18. The molecule has 9 heteroatoms. The van der Waals surface area contributed by atoms with E-state index in [0.29, 0.717) is 12.1 Å². The van der Waals surface area contributed by atoms with Crippen molar-refractivity contribution in [3.8, 4) is 0 Å². The first kappa shape index (κ1) is 15.5. The van der Waals surface area contributed by atoms with E-state index in [0.717, 1.165) is 0 Å². The van der Waals surface area contributed by atoms with Crippen molar-refractivity contribution < 1.29 is 22.0 Å². The monoisotopic (exact) mass is 325 g/mol. The average molecular weight is 326 g/mol. The summed E-state index contributed by atoms with van der Waals surface area (Å²) in [5.41, 5.74) is -1.54. The number of benzene rings is 1. The van der Waals surface area contributed by atoms with Crippen LogP contribution >= 0.6 is 34.8 Å². The second-order valence-corrected chi connectivity index (χ2v) is 4.22. The number of hydrogen-bond donors (Lipinski definition) is 0. The van der Waals surface area contributed by atoms with E-state index < -0.39 is 39.1 Å². The van der Waals surface area contributed by atoms with Gasteiger partial charge in [0.2, 0.25) is 0 Å². The van der Waals surface area contributed by atoms with Crippen molar-refractivity contribution in [2.24, 2.45) is 4.99 Å². The van der Waals surface area contributed by atoms with Crippen molar-refractivity contribution in [3.63, 3.8) is 0 Å². The zero-order chi connectivity index (χ0) is 14.1. The van der Waals surface area contributed by atoms with Crippen molar-refractivity contribution in [3.05, 3.63) is 27.7 Å². The number of hydrogen-bond acceptors (Lipinski definition) is 1. The fraction of sp³-hybridized carbons (Fsp3) is 0.222. The fourth-order valence-electron chi connectivity index (χ4n) is 0.992. The van der Waals surface area contributed by atoms with Crippen LogP contribution in [0.5, 0.6) is 0 Å². The van der Waals surface area contributed by atoms with Crippen LogP contribution in [0.2, 0.25) is 10.0 Å². The van der Waals surface area contributed by atoms with E-state index in [1.807, 2.05) is 0 Å². The molecule has 0 amide bonds. The minimum absolute atomic E-state index is 0.434. The Morgan fingerprint density at radius 3 is 1.89 bits per heavy atom. The van der Waals surface area contributed by atoms with Crippen LogP contribution < -0.4 is 0 Å². The molecule has 0 N–H and O–H groups in total. The highest BCUT2D eigenvalue weighted by atomic mass is 35.5. The number of alkyl halides is 5. The summed E-state index contributed by atoms with van der Waals surface area (Å²) in [6.07, 6.45) is -7.72. The van der Waals surface area contributed by atoms with E-state index in [2.05, 4.69) is 4.99 Å². The Hall–Kier alpha value is -0.590. The second kappa shape index (κ2) is 5.59. The first-order valence-corrected chi connectivity index (χ1v) is 5.34. The van der Waals surface area contributed by atoms with E-state index in [1.54, 1.807) is 0 Å². The van der Waals surface area contributed by atoms with Crippen LogP contribution in [0.25, 0.3) is 0 Å². The molecule has 0 radical (unpaired) electrons. The third kappa shape index (κ3) is 3.70. The highest BCUT2D eigenvalue weighted by Gasteiger charge is 2.32. The van der Waals surface area contributed by atoms with Crippen molar-refractivity contribution in [2.75, 3.05) is 0 Å². The van der Waals surface area contributed by atoms with Crippen LogP contribution in [0.1, 0.15) is 5.56 Å². The Labute approximate surface area is 113 Å². The zero-order valence-corrected chi connectivity index (χ0v) is 10.5. The summed E-state index contributed by atoms with van der Waals surface area (Å²) in [5.74, 6) is 0. The topological polar surface area (TPSA) is 12.4 Å². The van der Waals surface area contributed by atoms with Crippen LogP contribution in [-0.2, 0) is 6.18 Å². The predicted molar refractivity (Wildman–Crippen MR) is 60.4 cm³/mol. The molecule has 0 bridgehead atoms. The quantitative estimate of drug-likeness (QED) is 0.499. The van der Waals surface area contributed by atoms with Crippen LogP contribution in [0, 0.1) is 0 Å². The third-order valence-electron chi connectivity index (χ3n) is 1.74. The molecule has 0 spiro atoms. The predicted octanol–water partition coefficient (Wildman–Crippen LogP) is 5.55. The molecular weight excluding hydrogens is 323 g/mol. The van der Waals surface area contributed by atoms with Gasteiger partial charge in [0, 0.05) is 0 Å². The summed E-state index contributed by atoms with van der Waals surface area (Å²) >= 11 is 16.1. The molecule has 0 aliphatic rings. The molecule has 1 aromatic carbocycles. The van der Waals surface area contributed by atoms with Crippen LogP contribution in [-0.4, -0.2) is 11.6 Å². The maximum Gasteiger partial charge on any atom is 0.416 e. The largest absolute Gasteiger partial charge is 0.416 e. The van der Waals surface area contributed by atoms with Gasteiger partial charge >= 0.3 is 6.18 Å². The summed E-state index contributed by atoms with van der Waals surface area (Å²) in [5, 5.41) is -2.15. The molecule has 18 heavy (non-hydrogen) atoms. The molecule has 0 heterocycles. The summed E-state index contributed by atoms with van der Waals surface area (Å²) in [6, 6.07) is 1.06. The Morgan fingerprint density at radius 2 is 1.56 bits per heavy atom. The molecule has 0 atom stereocenters. The molecule has 0 aliphatic carbocycles. The third-order valence-corrected chi connectivity index (χ3v) is 2.57. The normalized spacial score (nSPS) is 13.3. The van der Waals surface area contributed by atoms with Crippen molar-refractivity contribution in [1.82, 2.24) is 0 Å². The second-order valence-electron chi connectivity index (χ2n) is 3.02. The first-order valence-electron chi connectivity index (χ1n) is 4.21. The molecule has 0 saturated carbocycles. The molecule has 0 unspecified atom stereocenters. The van der Waals surface area contributed by atoms with Crippen molar-refractivity contribution in [1.29, 1.82) is 0 Å². The minimum atomic E-state index is -4.65. The van der Waals surface area contributed by atoms with Gasteiger partial charge in [-0.25, -0.2) is 13.8 Å². The Morgan fingerprint density at radius 1 is 1.11 bits per heavy atom. The summed E-state index contributed by atoms with van der Waals surface area (Å²) < 4.78 is 61.3. The van der Waals surface area contributed by atoms with Gasteiger partial charge in [-0.1, -0.05) is 34.8 Å². The molecule has 100 valence electrons. The van der Waals surface area contributed by atoms with Gasteiger partial charge in [-0.05, 0) is 12.1 Å². The lowest BCUT2D eigenvalue weighted by Crippen LogP contribution is -2.05. The van der Waals surface area contributed by atoms with Gasteiger partial charge in [-0.2, -0.15) is 13.2 Å². The van der Waals surface area contributed by atoms with E-state index in [1.165, 1.54) is 0 Å². The molecule has 1 aromatic rings. The smallest absolute Gasteiger partial charge is 0.232 e. The lowest BCUT2D eigenvalue weighted by molar-refractivity contribution is -0.137. The number of aliphatic imine (C=N–C) groups is 1. The lowest BCUT2D eigenvalue weighted by atomic mass is 10.2. The Kier molecular flexibility index (Phi) is 4.80. The van der Waals surface area contributed by atoms with Crippen molar-refractivity contribution in [2.45, 2.75) is 12.6 Å². The molecule has 0 fully saturated rings.